The van der Waals surface area contributed by atoms with E-state index in [-0.39, 0.29) is 17.3 Å². The fourth-order valence-corrected chi connectivity index (χ4v) is 5.24. The number of sulfone groups is 1. The lowest BCUT2D eigenvalue weighted by molar-refractivity contribution is -0.135. The number of rotatable bonds is 4. The maximum absolute atomic E-state index is 13.0. The van der Waals surface area contributed by atoms with Crippen LogP contribution in [0.2, 0.25) is 0 Å². The lowest BCUT2D eigenvalue weighted by atomic mass is 10.1. The van der Waals surface area contributed by atoms with Crippen molar-refractivity contribution in [1.82, 2.24) is 4.90 Å². The van der Waals surface area contributed by atoms with Crippen LogP contribution in [0, 0.1) is 0 Å². The van der Waals surface area contributed by atoms with E-state index in [4.69, 9.17) is 0 Å². The van der Waals surface area contributed by atoms with Crippen LogP contribution in [0.15, 0.2) is 64.0 Å². The zero-order chi connectivity index (χ0) is 17.2. The highest BCUT2D eigenvalue weighted by Gasteiger charge is 2.38. The second-order valence-electron chi connectivity index (χ2n) is 5.82. The van der Waals surface area contributed by atoms with Crippen molar-refractivity contribution < 1.29 is 13.2 Å². The molecule has 1 unspecified atom stereocenters. The minimum atomic E-state index is -3.59. The Kier molecular flexibility index (Phi) is 5.06. The molecular formula is C18H18BrNO3S. The normalized spacial score (nSPS) is 18.6. The first-order chi connectivity index (χ1) is 11.5. The number of hydrogen-bond acceptors (Lipinski definition) is 3. The van der Waals surface area contributed by atoms with E-state index in [0.29, 0.717) is 19.3 Å². The van der Waals surface area contributed by atoms with Gasteiger partial charge in [-0.25, -0.2) is 8.42 Å². The van der Waals surface area contributed by atoms with Crippen LogP contribution in [-0.2, 0) is 21.2 Å². The van der Waals surface area contributed by atoms with Crippen molar-refractivity contribution >= 4 is 31.7 Å². The van der Waals surface area contributed by atoms with E-state index in [1.807, 2.05) is 24.3 Å². The van der Waals surface area contributed by atoms with Gasteiger partial charge in [0.05, 0.1) is 4.90 Å². The Labute approximate surface area is 150 Å². The molecule has 1 atom stereocenters. The zero-order valence-electron chi connectivity index (χ0n) is 13.1. The molecule has 3 rings (SSSR count). The van der Waals surface area contributed by atoms with Crippen LogP contribution >= 0.6 is 15.9 Å². The molecule has 1 amide bonds. The minimum Gasteiger partial charge on any atom is -0.321 e. The van der Waals surface area contributed by atoms with Gasteiger partial charge < -0.3 is 4.90 Å². The predicted molar refractivity (Wildman–Crippen MR) is 96.0 cm³/mol. The second-order valence-corrected chi connectivity index (χ2v) is 8.78. The fraction of sp³-hybridized carbons (Fsp3) is 0.278. The van der Waals surface area contributed by atoms with Gasteiger partial charge in [0, 0.05) is 17.4 Å². The summed E-state index contributed by atoms with van der Waals surface area (Å²) in [6.45, 7) is 0.289. The summed E-state index contributed by atoms with van der Waals surface area (Å²) in [5, 5.41) is -0.812. The van der Waals surface area contributed by atoms with E-state index in [0.717, 1.165) is 10.0 Å². The summed E-state index contributed by atoms with van der Waals surface area (Å²) in [4.78, 5) is 14.2. The average molecular weight is 408 g/mol. The lowest BCUT2D eigenvalue weighted by Gasteiger charge is -2.35. The van der Waals surface area contributed by atoms with Crippen LogP contribution in [-0.4, -0.2) is 24.6 Å². The highest BCUT2D eigenvalue weighted by Crippen LogP contribution is 2.30. The van der Waals surface area contributed by atoms with Crippen molar-refractivity contribution in [3.05, 3.63) is 64.6 Å². The van der Waals surface area contributed by atoms with Gasteiger partial charge in [0.25, 0.3) is 0 Å². The molecule has 0 aromatic heterocycles. The van der Waals surface area contributed by atoms with E-state index in [1.54, 1.807) is 30.3 Å². The third-order valence-electron chi connectivity index (χ3n) is 4.24. The number of amides is 1. The van der Waals surface area contributed by atoms with Crippen molar-refractivity contribution in [1.29, 1.82) is 0 Å². The first-order valence-corrected chi connectivity index (χ1v) is 10.2. The molecule has 1 saturated heterocycles. The topological polar surface area (TPSA) is 54.5 Å². The molecule has 0 N–H and O–H groups in total. The quantitative estimate of drug-likeness (QED) is 0.774. The number of nitrogens with zero attached hydrogens (tertiary/aromatic N) is 1. The standard InChI is InChI=1S/C18H18BrNO3S/c19-16-10-5-4-7-14(16)13-20-17(21)11-6-12-18(20)24(22,23)15-8-2-1-3-9-15/h1-5,7-10,18H,6,11-13H2. The fourth-order valence-electron chi connectivity index (χ4n) is 2.98. The highest BCUT2D eigenvalue weighted by atomic mass is 79.9. The smallest absolute Gasteiger partial charge is 0.223 e. The number of halogens is 1. The molecule has 4 nitrogen and oxygen atoms in total. The molecule has 2 aromatic rings. The number of piperidine rings is 1. The summed E-state index contributed by atoms with van der Waals surface area (Å²) >= 11 is 3.47. The predicted octanol–water partition coefficient (Wildman–Crippen LogP) is 3.76. The first-order valence-electron chi connectivity index (χ1n) is 7.82. The molecule has 6 heteroatoms. The molecule has 126 valence electrons. The molecule has 0 aliphatic carbocycles. The van der Waals surface area contributed by atoms with Gasteiger partial charge in [-0.3, -0.25) is 4.79 Å². The van der Waals surface area contributed by atoms with Crippen molar-refractivity contribution in [3.8, 4) is 0 Å². The Bertz CT molecular complexity index is 836. The molecule has 0 radical (unpaired) electrons. The number of carbonyl (C=O) groups excluding carboxylic acids is 1. The number of carbonyl (C=O) groups is 1. The molecule has 1 fully saturated rings. The summed E-state index contributed by atoms with van der Waals surface area (Å²) in [6.07, 6.45) is 1.46. The monoisotopic (exact) mass is 407 g/mol. The van der Waals surface area contributed by atoms with Gasteiger partial charge in [-0.15, -0.1) is 0 Å². The summed E-state index contributed by atoms with van der Waals surface area (Å²) in [6, 6.07) is 15.9. The number of hydrogen-bond donors (Lipinski definition) is 0. The Morgan fingerprint density at radius 2 is 1.71 bits per heavy atom. The van der Waals surface area contributed by atoms with E-state index < -0.39 is 15.2 Å². The van der Waals surface area contributed by atoms with Crippen molar-refractivity contribution in [2.75, 3.05) is 0 Å². The Hall–Kier alpha value is -1.66. The second kappa shape index (κ2) is 7.07. The van der Waals surface area contributed by atoms with Crippen LogP contribution in [0.3, 0.4) is 0 Å². The van der Waals surface area contributed by atoms with Gasteiger partial charge in [0.2, 0.25) is 5.91 Å². The SMILES string of the molecule is O=C1CCCC(S(=O)(=O)c2ccccc2)N1Cc1ccccc1Br. The van der Waals surface area contributed by atoms with E-state index >= 15 is 0 Å². The van der Waals surface area contributed by atoms with Crippen LogP contribution in [0.25, 0.3) is 0 Å². The molecule has 1 aliphatic rings. The zero-order valence-corrected chi connectivity index (χ0v) is 15.5. The van der Waals surface area contributed by atoms with Gasteiger partial charge in [-0.1, -0.05) is 52.3 Å². The maximum Gasteiger partial charge on any atom is 0.223 e. The molecule has 1 aliphatic heterocycles. The minimum absolute atomic E-state index is 0.110. The average Bonchev–Trinajstić information content (AvgIpc) is 2.59. The summed E-state index contributed by atoms with van der Waals surface area (Å²) < 4.78 is 26.9. The van der Waals surface area contributed by atoms with Crippen LogP contribution < -0.4 is 0 Å². The van der Waals surface area contributed by atoms with E-state index in [2.05, 4.69) is 15.9 Å². The summed E-state index contributed by atoms with van der Waals surface area (Å²) in [7, 11) is -3.59. The number of benzene rings is 2. The largest absolute Gasteiger partial charge is 0.321 e. The summed E-state index contributed by atoms with van der Waals surface area (Å²) in [5.74, 6) is -0.110. The van der Waals surface area contributed by atoms with Gasteiger partial charge in [-0.05, 0) is 36.6 Å². The molecule has 1 heterocycles. The number of likely N-dealkylation sites (tertiary alicyclic amines) is 1. The van der Waals surface area contributed by atoms with Gasteiger partial charge in [0.15, 0.2) is 9.84 Å². The van der Waals surface area contributed by atoms with Crippen LogP contribution in [0.4, 0.5) is 0 Å². The third kappa shape index (κ3) is 3.39. The van der Waals surface area contributed by atoms with Crippen LogP contribution in [0.1, 0.15) is 24.8 Å². The Morgan fingerprint density at radius 1 is 1.04 bits per heavy atom. The molecule has 2 aromatic carbocycles. The molecule has 0 spiro atoms. The summed E-state index contributed by atoms with van der Waals surface area (Å²) in [5.41, 5.74) is 0.904. The highest BCUT2D eigenvalue weighted by molar-refractivity contribution is 9.10. The third-order valence-corrected chi connectivity index (χ3v) is 7.15. The van der Waals surface area contributed by atoms with E-state index in [1.165, 1.54) is 4.90 Å². The van der Waals surface area contributed by atoms with Gasteiger partial charge in [-0.2, -0.15) is 0 Å². The van der Waals surface area contributed by atoms with Crippen molar-refractivity contribution in [2.45, 2.75) is 36.1 Å². The van der Waals surface area contributed by atoms with E-state index in [9.17, 15) is 13.2 Å². The van der Waals surface area contributed by atoms with Crippen molar-refractivity contribution in [3.63, 3.8) is 0 Å². The Balaban J connectivity index is 1.96. The lowest BCUT2D eigenvalue weighted by Crippen LogP contribution is -2.47. The first kappa shape index (κ1) is 17.2. The molecular weight excluding hydrogens is 390 g/mol. The molecule has 0 bridgehead atoms. The van der Waals surface area contributed by atoms with Gasteiger partial charge >= 0.3 is 0 Å². The van der Waals surface area contributed by atoms with Crippen molar-refractivity contribution in [2.24, 2.45) is 0 Å². The Morgan fingerprint density at radius 3 is 2.42 bits per heavy atom. The molecule has 0 saturated carbocycles. The maximum atomic E-state index is 13.0. The van der Waals surface area contributed by atoms with Gasteiger partial charge in [0.1, 0.15) is 5.37 Å². The van der Waals surface area contributed by atoms with Crippen LogP contribution in [0.5, 0.6) is 0 Å². The molecule has 24 heavy (non-hydrogen) atoms.